The van der Waals surface area contributed by atoms with Crippen LogP contribution in [0.4, 0.5) is 0 Å². The molecule has 27 heavy (non-hydrogen) atoms. The monoisotopic (exact) mass is 378 g/mol. The van der Waals surface area contributed by atoms with Gasteiger partial charge in [-0.3, -0.25) is 14.8 Å². The van der Waals surface area contributed by atoms with Crippen LogP contribution in [0.5, 0.6) is 0 Å². The number of nitrogens with one attached hydrogen (secondary N) is 2. The van der Waals surface area contributed by atoms with E-state index in [0.29, 0.717) is 18.4 Å². The van der Waals surface area contributed by atoms with Crippen molar-refractivity contribution < 1.29 is 19.3 Å². The largest absolute Gasteiger partial charge is 0.349 e. The first-order valence-electron chi connectivity index (χ1n) is 10.2. The lowest BCUT2D eigenvalue weighted by molar-refractivity contribution is -0.129. The molecule has 1 aromatic heterocycles. The fourth-order valence-electron chi connectivity index (χ4n) is 3.84. The van der Waals surface area contributed by atoms with Crippen LogP contribution in [0.3, 0.4) is 0 Å². The first kappa shape index (κ1) is 19.8. The van der Waals surface area contributed by atoms with Crippen LogP contribution in [0.15, 0.2) is 4.52 Å². The van der Waals surface area contributed by atoms with E-state index >= 15 is 0 Å². The van der Waals surface area contributed by atoms with Gasteiger partial charge in [-0.05, 0) is 31.1 Å². The third-order valence-corrected chi connectivity index (χ3v) is 5.69. The summed E-state index contributed by atoms with van der Waals surface area (Å²) >= 11 is 0. The number of hydrogen-bond donors (Lipinski definition) is 3. The molecule has 2 aliphatic rings. The lowest BCUT2D eigenvalue weighted by Crippen LogP contribution is -2.26. The highest BCUT2D eigenvalue weighted by Crippen LogP contribution is 2.31. The number of amides is 2. The van der Waals surface area contributed by atoms with E-state index in [4.69, 9.17) is 9.73 Å². The normalized spacial score (nSPS) is 18.9. The Bertz CT molecular complexity index is 623. The lowest BCUT2D eigenvalue weighted by Gasteiger charge is -2.22. The zero-order valence-electron chi connectivity index (χ0n) is 15.8. The molecule has 3 N–H and O–H groups in total. The maximum Gasteiger partial charge on any atom is 0.292 e. The second-order valence-electron chi connectivity index (χ2n) is 7.98. The van der Waals surface area contributed by atoms with Crippen molar-refractivity contribution in [1.29, 1.82) is 0 Å². The molecule has 0 aromatic carbocycles. The Balaban J connectivity index is 1.54. The van der Waals surface area contributed by atoms with E-state index in [9.17, 15) is 9.59 Å². The van der Waals surface area contributed by atoms with E-state index < -0.39 is 5.91 Å². The summed E-state index contributed by atoms with van der Waals surface area (Å²) in [6.07, 6.45) is 11.7. The second kappa shape index (κ2) is 9.82. The molecule has 1 aromatic rings. The van der Waals surface area contributed by atoms with Crippen molar-refractivity contribution in [2.24, 2.45) is 11.8 Å². The Morgan fingerprint density at radius 3 is 2.63 bits per heavy atom. The third-order valence-electron chi connectivity index (χ3n) is 5.69. The van der Waals surface area contributed by atoms with Crippen molar-refractivity contribution in [3.8, 4) is 0 Å². The van der Waals surface area contributed by atoms with Crippen LogP contribution in [-0.2, 0) is 4.79 Å². The minimum Gasteiger partial charge on any atom is -0.349 e. The first-order valence-corrected chi connectivity index (χ1v) is 10.2. The van der Waals surface area contributed by atoms with Crippen LogP contribution in [-0.4, -0.2) is 33.7 Å². The smallest absolute Gasteiger partial charge is 0.292 e. The Kier molecular flexibility index (Phi) is 7.20. The molecule has 1 atom stereocenters. The number of carbonyl (C=O) groups excluding carboxylic acids is 2. The average molecular weight is 378 g/mol. The van der Waals surface area contributed by atoms with E-state index in [0.717, 1.165) is 38.0 Å². The molecular formula is C19H30N4O4. The van der Waals surface area contributed by atoms with Crippen LogP contribution in [0.1, 0.15) is 93.1 Å². The maximum absolute atomic E-state index is 12.1. The van der Waals surface area contributed by atoms with E-state index in [1.54, 1.807) is 5.48 Å². The van der Waals surface area contributed by atoms with E-state index in [1.165, 1.54) is 32.1 Å². The number of carbonyl (C=O) groups is 2. The van der Waals surface area contributed by atoms with Gasteiger partial charge in [-0.1, -0.05) is 50.1 Å². The van der Waals surface area contributed by atoms with Gasteiger partial charge < -0.3 is 9.84 Å². The molecule has 0 saturated heterocycles. The highest BCUT2D eigenvalue weighted by atomic mass is 16.5. The van der Waals surface area contributed by atoms with Crippen LogP contribution in [0.2, 0.25) is 0 Å². The van der Waals surface area contributed by atoms with Gasteiger partial charge in [0.1, 0.15) is 0 Å². The molecule has 0 aliphatic heterocycles. The zero-order chi connectivity index (χ0) is 19.1. The summed E-state index contributed by atoms with van der Waals surface area (Å²) in [4.78, 5) is 28.0. The number of hydrogen-bond acceptors (Lipinski definition) is 6. The number of nitrogens with zero attached hydrogens (tertiary/aromatic N) is 2. The molecule has 1 heterocycles. The first-order chi connectivity index (χ1) is 13.2. The summed E-state index contributed by atoms with van der Waals surface area (Å²) in [5, 5.41) is 15.4. The molecular weight excluding hydrogens is 348 g/mol. The summed E-state index contributed by atoms with van der Waals surface area (Å²) < 4.78 is 5.27. The van der Waals surface area contributed by atoms with Crippen molar-refractivity contribution in [1.82, 2.24) is 20.9 Å². The number of aromatic nitrogens is 2. The van der Waals surface area contributed by atoms with Gasteiger partial charge in [0.05, 0.1) is 0 Å². The molecule has 2 saturated carbocycles. The van der Waals surface area contributed by atoms with Crippen LogP contribution >= 0.6 is 0 Å². The zero-order valence-corrected chi connectivity index (χ0v) is 15.8. The molecule has 150 valence electrons. The van der Waals surface area contributed by atoms with Gasteiger partial charge in [0.2, 0.25) is 11.8 Å². The molecule has 2 amide bonds. The molecule has 0 bridgehead atoms. The molecule has 8 heteroatoms. The molecule has 0 unspecified atom stereocenters. The molecule has 0 radical (unpaired) electrons. The Morgan fingerprint density at radius 2 is 1.93 bits per heavy atom. The third kappa shape index (κ3) is 6.30. The highest BCUT2D eigenvalue weighted by molar-refractivity contribution is 5.90. The van der Waals surface area contributed by atoms with Crippen molar-refractivity contribution in [2.75, 3.05) is 6.54 Å². The summed E-state index contributed by atoms with van der Waals surface area (Å²) in [5.41, 5.74) is 1.67. The van der Waals surface area contributed by atoms with Gasteiger partial charge in [-0.25, -0.2) is 5.48 Å². The summed E-state index contributed by atoms with van der Waals surface area (Å²) in [5.74, 6) is 0.503. The van der Waals surface area contributed by atoms with Crippen molar-refractivity contribution in [3.05, 3.63) is 11.7 Å². The van der Waals surface area contributed by atoms with Gasteiger partial charge in [-0.15, -0.1) is 0 Å². The number of rotatable bonds is 10. The van der Waals surface area contributed by atoms with Crippen LogP contribution in [0.25, 0.3) is 0 Å². The molecule has 0 spiro atoms. The van der Waals surface area contributed by atoms with E-state index in [1.807, 2.05) is 0 Å². The Morgan fingerprint density at radius 1 is 1.15 bits per heavy atom. The van der Waals surface area contributed by atoms with Gasteiger partial charge in [-0.2, -0.15) is 4.98 Å². The van der Waals surface area contributed by atoms with Gasteiger partial charge in [0, 0.05) is 18.9 Å². The van der Waals surface area contributed by atoms with E-state index in [-0.39, 0.29) is 24.1 Å². The van der Waals surface area contributed by atoms with Crippen LogP contribution in [0, 0.1) is 11.8 Å². The topological polar surface area (TPSA) is 117 Å². The van der Waals surface area contributed by atoms with Crippen molar-refractivity contribution in [3.63, 3.8) is 0 Å². The standard InChI is InChI=1S/C19H30N4O4/c24-16(22-26)11-15(8-4-7-13-5-2-1-3-6-13)19-21-17(23-27-19)18(25)20-12-14-9-10-14/h13-15,26H,1-12H2,(H,20,25)(H,22,24)/t15-/m0/s1. The summed E-state index contributed by atoms with van der Waals surface area (Å²) in [6.45, 7) is 0.639. The fourth-order valence-corrected chi connectivity index (χ4v) is 3.84. The summed E-state index contributed by atoms with van der Waals surface area (Å²) in [6, 6.07) is 0. The SMILES string of the molecule is O=C(C[C@H](CCCC1CCCCC1)c1nc(C(=O)NCC2CC2)no1)NO. The summed E-state index contributed by atoms with van der Waals surface area (Å²) in [7, 11) is 0. The lowest BCUT2D eigenvalue weighted by atomic mass is 9.84. The van der Waals surface area contributed by atoms with Crippen molar-refractivity contribution >= 4 is 11.8 Å². The van der Waals surface area contributed by atoms with Gasteiger partial charge in [0.25, 0.3) is 11.7 Å². The van der Waals surface area contributed by atoms with Crippen LogP contribution < -0.4 is 10.8 Å². The van der Waals surface area contributed by atoms with E-state index in [2.05, 4.69) is 15.5 Å². The van der Waals surface area contributed by atoms with Gasteiger partial charge >= 0.3 is 0 Å². The second-order valence-corrected chi connectivity index (χ2v) is 7.98. The Hall–Kier alpha value is -1.96. The molecule has 8 nitrogen and oxygen atoms in total. The Labute approximate surface area is 159 Å². The quantitative estimate of drug-likeness (QED) is 0.426. The average Bonchev–Trinajstić information content (AvgIpc) is 3.39. The molecule has 3 rings (SSSR count). The fraction of sp³-hybridized carbons (Fsp3) is 0.789. The molecule has 2 aliphatic carbocycles. The molecule has 2 fully saturated rings. The number of hydroxylamine groups is 1. The van der Waals surface area contributed by atoms with Crippen molar-refractivity contribution in [2.45, 2.75) is 76.5 Å². The predicted octanol–water partition coefficient (Wildman–Crippen LogP) is 2.94. The van der Waals surface area contributed by atoms with Gasteiger partial charge in [0.15, 0.2) is 0 Å². The predicted molar refractivity (Wildman–Crippen MR) is 97.1 cm³/mol. The minimum absolute atomic E-state index is 0.00679. The highest BCUT2D eigenvalue weighted by Gasteiger charge is 2.26. The minimum atomic E-state index is -0.490. The maximum atomic E-state index is 12.1.